The fourth-order valence-corrected chi connectivity index (χ4v) is 4.82. The normalized spacial score (nSPS) is 28.1. The molecule has 6 rings (SSSR count). The molecule has 1 amide bonds. The minimum Gasteiger partial charge on any atom is -0.381 e. The molecule has 2 aliphatic heterocycles. The Labute approximate surface area is 171 Å². The van der Waals surface area contributed by atoms with E-state index in [1.54, 1.807) is 12.3 Å². The molecule has 0 radical (unpaired) electrons. The molecular weight excluding hydrogens is 385 g/mol. The molecular formula is C21H20FN7O. The molecule has 5 heterocycles. The standard InChI is InChI=1S/C21H20FN7O/c1-10-2-3-15-14(7-12(22)8-24-15)18-13-6-11(13)9-28(18)16-4-5-29-20(26-16)17(19(23)27-29)21(30)25-10/h2-5,7-8,10-11,13,18H,6,9H2,1H3,(H2,23,27)(H,25,30)/b3-2+/t10-,11-,13-,18-/m1/s1. The number of carbonyl (C=O) groups is 1. The van der Waals surface area contributed by atoms with Gasteiger partial charge in [-0.2, -0.15) is 0 Å². The van der Waals surface area contributed by atoms with Gasteiger partial charge in [-0.25, -0.2) is 13.9 Å². The summed E-state index contributed by atoms with van der Waals surface area (Å²) in [5.74, 6) is 1.16. The van der Waals surface area contributed by atoms with E-state index in [0.717, 1.165) is 24.3 Å². The highest BCUT2D eigenvalue weighted by Crippen LogP contribution is 2.57. The summed E-state index contributed by atoms with van der Waals surface area (Å²) in [6.45, 7) is 2.69. The maximum absolute atomic E-state index is 14.2. The Morgan fingerprint density at radius 3 is 3.10 bits per heavy atom. The number of piperidine rings is 1. The molecule has 3 aromatic rings. The Balaban J connectivity index is 1.59. The number of nitrogens with one attached hydrogen (secondary N) is 1. The Morgan fingerprint density at radius 2 is 2.23 bits per heavy atom. The predicted molar refractivity (Wildman–Crippen MR) is 109 cm³/mol. The van der Waals surface area contributed by atoms with Gasteiger partial charge >= 0.3 is 0 Å². The number of carbonyl (C=O) groups excluding carboxylic acids is 1. The first-order chi connectivity index (χ1) is 14.5. The molecule has 1 saturated heterocycles. The largest absolute Gasteiger partial charge is 0.381 e. The summed E-state index contributed by atoms with van der Waals surface area (Å²) in [6.07, 6.45) is 7.81. The number of pyridine rings is 1. The lowest BCUT2D eigenvalue weighted by Gasteiger charge is -2.29. The van der Waals surface area contributed by atoms with Crippen molar-refractivity contribution in [3.8, 4) is 0 Å². The van der Waals surface area contributed by atoms with Gasteiger partial charge in [0.15, 0.2) is 11.5 Å². The second-order valence-electron chi connectivity index (χ2n) is 8.32. The van der Waals surface area contributed by atoms with Gasteiger partial charge < -0.3 is 16.0 Å². The molecule has 3 aliphatic rings. The zero-order valence-electron chi connectivity index (χ0n) is 16.3. The maximum Gasteiger partial charge on any atom is 0.259 e. The van der Waals surface area contributed by atoms with Gasteiger partial charge in [0.2, 0.25) is 0 Å². The number of aromatic nitrogens is 4. The molecule has 9 heteroatoms. The van der Waals surface area contributed by atoms with E-state index in [-0.39, 0.29) is 35.2 Å². The summed E-state index contributed by atoms with van der Waals surface area (Å²) in [5, 5.41) is 7.14. The van der Waals surface area contributed by atoms with Gasteiger partial charge in [0.05, 0.1) is 17.9 Å². The Kier molecular flexibility index (Phi) is 3.48. The summed E-state index contributed by atoms with van der Waals surface area (Å²) in [7, 11) is 0. The molecule has 0 unspecified atom stereocenters. The molecule has 3 N–H and O–H groups in total. The quantitative estimate of drug-likeness (QED) is 0.595. The molecule has 30 heavy (non-hydrogen) atoms. The fourth-order valence-electron chi connectivity index (χ4n) is 4.82. The van der Waals surface area contributed by atoms with Crippen LogP contribution >= 0.6 is 0 Å². The van der Waals surface area contributed by atoms with Crippen LogP contribution in [0, 0.1) is 17.7 Å². The molecule has 152 valence electrons. The van der Waals surface area contributed by atoms with Gasteiger partial charge in [0.1, 0.15) is 17.2 Å². The van der Waals surface area contributed by atoms with Gasteiger partial charge in [-0.1, -0.05) is 6.08 Å². The van der Waals surface area contributed by atoms with Crippen LogP contribution in [0.4, 0.5) is 16.0 Å². The van der Waals surface area contributed by atoms with Crippen molar-refractivity contribution in [3.63, 3.8) is 0 Å². The Hall–Kier alpha value is -3.49. The van der Waals surface area contributed by atoms with Crippen LogP contribution in [0.15, 0.2) is 30.6 Å². The number of nitrogen functional groups attached to an aromatic ring is 1. The van der Waals surface area contributed by atoms with E-state index in [1.165, 1.54) is 10.7 Å². The fraction of sp³-hybridized carbons (Fsp3) is 0.333. The predicted octanol–water partition coefficient (Wildman–Crippen LogP) is 2.19. The second kappa shape index (κ2) is 6.01. The smallest absolute Gasteiger partial charge is 0.259 e. The molecule has 1 aliphatic carbocycles. The SMILES string of the molecule is C[C@@H]1/C=C/c2ncc(F)cc2[C@H]2[C@@H]3C[C@@H]3CN2c2ccn3nc(N)c(c3n2)C(=O)N1. The number of nitrogens with zero attached hydrogens (tertiary/aromatic N) is 5. The van der Waals surface area contributed by atoms with Crippen molar-refractivity contribution in [1.82, 2.24) is 24.9 Å². The number of amides is 1. The average molecular weight is 405 g/mol. The van der Waals surface area contributed by atoms with E-state index in [0.29, 0.717) is 23.2 Å². The van der Waals surface area contributed by atoms with Gasteiger partial charge in [-0.3, -0.25) is 9.78 Å². The highest BCUT2D eigenvalue weighted by Gasteiger charge is 2.54. The van der Waals surface area contributed by atoms with Gasteiger partial charge in [-0.05, 0) is 43.4 Å². The number of halogens is 1. The van der Waals surface area contributed by atoms with E-state index in [1.807, 2.05) is 25.1 Å². The first kappa shape index (κ1) is 17.4. The van der Waals surface area contributed by atoms with Crippen LogP contribution in [-0.2, 0) is 0 Å². The molecule has 2 fully saturated rings. The van der Waals surface area contributed by atoms with E-state index in [9.17, 15) is 9.18 Å². The monoisotopic (exact) mass is 405 g/mol. The molecule has 0 spiro atoms. The molecule has 4 atom stereocenters. The second-order valence-corrected chi connectivity index (χ2v) is 8.32. The number of rotatable bonds is 0. The zero-order chi connectivity index (χ0) is 20.6. The third-order valence-corrected chi connectivity index (χ3v) is 6.30. The minimum atomic E-state index is -0.355. The molecule has 3 aromatic heterocycles. The highest BCUT2D eigenvalue weighted by atomic mass is 19.1. The number of nitrogens with two attached hydrogens (primary N) is 1. The van der Waals surface area contributed by atoms with E-state index in [4.69, 9.17) is 10.7 Å². The number of fused-ring (bicyclic) bond motifs is 7. The summed E-state index contributed by atoms with van der Waals surface area (Å²) in [6, 6.07) is 3.14. The van der Waals surface area contributed by atoms with Crippen LogP contribution in [0.3, 0.4) is 0 Å². The maximum atomic E-state index is 14.2. The first-order valence-corrected chi connectivity index (χ1v) is 10.1. The summed E-state index contributed by atoms with van der Waals surface area (Å²) < 4.78 is 15.7. The summed E-state index contributed by atoms with van der Waals surface area (Å²) in [4.78, 5) is 24.2. The van der Waals surface area contributed by atoms with Gasteiger partial charge in [-0.15, -0.1) is 5.10 Å². The average Bonchev–Trinajstić information content (AvgIpc) is 3.24. The minimum absolute atomic E-state index is 0.0174. The lowest BCUT2D eigenvalue weighted by Crippen LogP contribution is -2.31. The lowest BCUT2D eigenvalue weighted by molar-refractivity contribution is 0.0949. The lowest BCUT2D eigenvalue weighted by atomic mass is 9.99. The molecule has 8 nitrogen and oxygen atoms in total. The molecule has 0 aromatic carbocycles. The molecule has 1 saturated carbocycles. The topological polar surface area (TPSA) is 101 Å². The van der Waals surface area contributed by atoms with Crippen molar-refractivity contribution in [2.45, 2.75) is 25.4 Å². The number of anilines is 2. The van der Waals surface area contributed by atoms with Crippen molar-refractivity contribution in [2.24, 2.45) is 11.8 Å². The van der Waals surface area contributed by atoms with Crippen molar-refractivity contribution in [1.29, 1.82) is 0 Å². The number of hydrogen-bond donors (Lipinski definition) is 2. The molecule has 2 bridgehead atoms. The third kappa shape index (κ3) is 2.51. The number of hydrogen-bond acceptors (Lipinski definition) is 6. The van der Waals surface area contributed by atoms with Gasteiger partial charge in [0.25, 0.3) is 5.91 Å². The van der Waals surface area contributed by atoms with Crippen LogP contribution in [0.2, 0.25) is 0 Å². The first-order valence-electron chi connectivity index (χ1n) is 10.1. The third-order valence-electron chi connectivity index (χ3n) is 6.30. The van der Waals surface area contributed by atoms with Crippen molar-refractivity contribution in [2.75, 3.05) is 17.2 Å². The van der Waals surface area contributed by atoms with Crippen LogP contribution in [0.5, 0.6) is 0 Å². The van der Waals surface area contributed by atoms with Crippen molar-refractivity contribution in [3.05, 3.63) is 53.2 Å². The van der Waals surface area contributed by atoms with E-state index >= 15 is 0 Å². The van der Waals surface area contributed by atoms with Crippen molar-refractivity contribution < 1.29 is 9.18 Å². The zero-order valence-corrected chi connectivity index (χ0v) is 16.3. The van der Waals surface area contributed by atoms with Gasteiger partial charge in [0, 0.05) is 24.3 Å². The van der Waals surface area contributed by atoms with E-state index < -0.39 is 0 Å². The summed E-state index contributed by atoms with van der Waals surface area (Å²) >= 11 is 0. The summed E-state index contributed by atoms with van der Waals surface area (Å²) in [5.41, 5.74) is 8.28. The Bertz CT molecular complexity index is 1240. The van der Waals surface area contributed by atoms with Crippen LogP contribution < -0.4 is 16.0 Å². The van der Waals surface area contributed by atoms with Crippen LogP contribution in [-0.4, -0.2) is 38.1 Å². The van der Waals surface area contributed by atoms with Crippen molar-refractivity contribution >= 4 is 29.3 Å². The van der Waals surface area contributed by atoms with E-state index in [2.05, 4.69) is 20.3 Å². The van der Waals surface area contributed by atoms with Crippen LogP contribution in [0.1, 0.15) is 41.0 Å². The highest BCUT2D eigenvalue weighted by molar-refractivity contribution is 6.04. The van der Waals surface area contributed by atoms with Crippen LogP contribution in [0.25, 0.3) is 11.7 Å². The Morgan fingerprint density at radius 1 is 1.37 bits per heavy atom.